The molecule has 0 saturated carbocycles. The fourth-order valence-electron chi connectivity index (χ4n) is 5.94. The van der Waals surface area contributed by atoms with Crippen LogP contribution < -0.4 is 15.2 Å². The molecule has 2 amide bonds. The van der Waals surface area contributed by atoms with E-state index in [1.807, 2.05) is 38.1 Å². The van der Waals surface area contributed by atoms with Crippen LogP contribution in [0.5, 0.6) is 0 Å². The fourth-order valence-corrected chi connectivity index (χ4v) is 6.93. The van der Waals surface area contributed by atoms with Gasteiger partial charge in [-0.2, -0.15) is 0 Å². The van der Waals surface area contributed by atoms with Crippen molar-refractivity contribution in [1.82, 2.24) is 10.2 Å². The molecule has 0 radical (unpaired) electrons. The second-order valence-corrected chi connectivity index (χ2v) is 11.3. The van der Waals surface area contributed by atoms with Crippen LogP contribution in [0, 0.1) is 12.7 Å². The Morgan fingerprint density at radius 3 is 2.63 bits per heavy atom. The molecule has 8 nitrogen and oxygen atoms in total. The largest absolute Gasteiger partial charge is 0.450 e. The number of nitrogens with zero attached hydrogens (tertiary/aromatic N) is 4. The molecule has 0 aliphatic carbocycles. The first kappa shape index (κ1) is 25.3. The number of aryl methyl sites for hydroxylation is 2. The van der Waals surface area contributed by atoms with Crippen LogP contribution in [0.15, 0.2) is 75.9 Å². The molecule has 2 aliphatic rings. The number of hydrogen-bond donors (Lipinski definition) is 0. The minimum atomic E-state index is -1.91. The normalized spacial score (nSPS) is 17.6. The number of carbonyl (C=O) groups is 2. The van der Waals surface area contributed by atoms with E-state index in [0.717, 1.165) is 29.7 Å². The summed E-state index contributed by atoms with van der Waals surface area (Å²) in [6.07, 6.45) is 1.46. The molecule has 7 rings (SSSR count). The van der Waals surface area contributed by atoms with Crippen LogP contribution in [-0.4, -0.2) is 22.0 Å². The van der Waals surface area contributed by atoms with E-state index in [4.69, 9.17) is 4.42 Å². The van der Waals surface area contributed by atoms with Crippen LogP contribution in [0.1, 0.15) is 51.2 Å². The summed E-state index contributed by atoms with van der Waals surface area (Å²) in [5.74, 6) is -2.07. The molecule has 0 saturated heterocycles. The Hall–Kier alpha value is -4.70. The van der Waals surface area contributed by atoms with Crippen LogP contribution in [0.2, 0.25) is 0 Å². The summed E-state index contributed by atoms with van der Waals surface area (Å²) in [5.41, 5.74) is 0.285. The summed E-state index contributed by atoms with van der Waals surface area (Å²) in [7, 11) is 0. The molecule has 1 spiro atoms. The number of aromatic nitrogens is 2. The van der Waals surface area contributed by atoms with Crippen molar-refractivity contribution in [2.24, 2.45) is 0 Å². The SMILES string of the molecule is CCCc1nnc(N2C(=O)c3oc4ccc(F)cc4c(=O)c3C23C(=O)N(Cc2cccc(C)c2)c2ccccc23)s1. The summed E-state index contributed by atoms with van der Waals surface area (Å²) in [5, 5.41) is 9.40. The second kappa shape index (κ2) is 9.17. The van der Waals surface area contributed by atoms with Crippen molar-refractivity contribution >= 4 is 44.9 Å². The van der Waals surface area contributed by atoms with Gasteiger partial charge in [0, 0.05) is 12.0 Å². The maximum atomic E-state index is 14.9. The van der Waals surface area contributed by atoms with E-state index in [1.165, 1.54) is 22.3 Å². The highest BCUT2D eigenvalue weighted by atomic mass is 32.1. The first-order valence-electron chi connectivity index (χ1n) is 13.3. The monoisotopic (exact) mass is 566 g/mol. The third-order valence-corrected chi connectivity index (χ3v) is 8.59. The van der Waals surface area contributed by atoms with E-state index < -0.39 is 28.6 Å². The molecule has 0 bridgehead atoms. The molecule has 1 unspecified atom stereocenters. The fraction of sp³-hybridized carbons (Fsp3) is 0.194. The summed E-state index contributed by atoms with van der Waals surface area (Å²) in [4.78, 5) is 46.2. The van der Waals surface area contributed by atoms with Gasteiger partial charge >= 0.3 is 0 Å². The zero-order valence-electron chi connectivity index (χ0n) is 22.2. The quantitative estimate of drug-likeness (QED) is 0.279. The van der Waals surface area contributed by atoms with Crippen molar-refractivity contribution in [3.8, 4) is 0 Å². The van der Waals surface area contributed by atoms with Gasteiger partial charge in [0.25, 0.3) is 11.8 Å². The minimum absolute atomic E-state index is 0.0517. The lowest BCUT2D eigenvalue weighted by atomic mass is 9.84. The van der Waals surface area contributed by atoms with E-state index >= 15 is 0 Å². The molecular formula is C31H23FN4O4S. The number of halogens is 1. The number of hydrogen-bond acceptors (Lipinski definition) is 7. The predicted octanol–water partition coefficient (Wildman–Crippen LogP) is 5.50. The molecular weight excluding hydrogens is 543 g/mol. The average molecular weight is 567 g/mol. The summed E-state index contributed by atoms with van der Waals surface area (Å²) in [6, 6.07) is 18.4. The van der Waals surface area contributed by atoms with Gasteiger partial charge in [0.1, 0.15) is 16.4 Å². The molecule has 204 valence electrons. The summed E-state index contributed by atoms with van der Waals surface area (Å²) in [6.45, 7) is 4.19. The van der Waals surface area contributed by atoms with E-state index in [2.05, 4.69) is 10.2 Å². The van der Waals surface area contributed by atoms with Gasteiger partial charge in [-0.1, -0.05) is 66.3 Å². The summed E-state index contributed by atoms with van der Waals surface area (Å²) < 4.78 is 20.3. The molecule has 0 fully saturated rings. The van der Waals surface area contributed by atoms with Crippen molar-refractivity contribution < 1.29 is 18.4 Å². The van der Waals surface area contributed by atoms with Crippen molar-refractivity contribution in [2.75, 3.05) is 9.80 Å². The molecule has 2 aliphatic heterocycles. The Bertz CT molecular complexity index is 1970. The van der Waals surface area contributed by atoms with E-state index in [-0.39, 0.29) is 34.0 Å². The Morgan fingerprint density at radius 1 is 1.00 bits per heavy atom. The first-order valence-corrected chi connectivity index (χ1v) is 14.1. The smallest absolute Gasteiger partial charge is 0.297 e. The van der Waals surface area contributed by atoms with Crippen LogP contribution >= 0.6 is 11.3 Å². The third kappa shape index (κ3) is 3.53. The lowest BCUT2D eigenvalue weighted by Crippen LogP contribution is -2.53. The Morgan fingerprint density at radius 2 is 1.83 bits per heavy atom. The standard InChI is InChI=1S/C31H23FN4O4S/c1-3-7-24-33-34-30(41-24)36-28(38)27-25(26(37)20-15-19(32)12-13-23(20)40-27)31(36)21-10-4-5-11-22(21)35(29(31)39)16-18-9-6-8-17(2)14-18/h4-6,8-15H,3,7,16H2,1-2H3. The maximum Gasteiger partial charge on any atom is 0.297 e. The van der Waals surface area contributed by atoms with Gasteiger partial charge < -0.3 is 9.32 Å². The Labute approximate surface area is 237 Å². The number of fused-ring (bicyclic) bond motifs is 5. The maximum absolute atomic E-state index is 14.9. The van der Waals surface area contributed by atoms with Gasteiger partial charge in [0.15, 0.2) is 11.0 Å². The van der Waals surface area contributed by atoms with Crippen molar-refractivity contribution in [3.63, 3.8) is 0 Å². The lowest BCUT2D eigenvalue weighted by Gasteiger charge is -2.32. The number of carbonyl (C=O) groups excluding carboxylic acids is 2. The zero-order valence-corrected chi connectivity index (χ0v) is 23.0. The second-order valence-electron chi connectivity index (χ2n) is 10.3. The number of anilines is 2. The van der Waals surface area contributed by atoms with Crippen LogP contribution in [-0.2, 0) is 23.3 Å². The van der Waals surface area contributed by atoms with E-state index in [0.29, 0.717) is 22.7 Å². The molecule has 5 aromatic rings. The Balaban J connectivity index is 1.54. The number of rotatable bonds is 5. The van der Waals surface area contributed by atoms with Gasteiger partial charge in [-0.25, -0.2) is 4.39 Å². The van der Waals surface area contributed by atoms with E-state index in [9.17, 15) is 18.8 Å². The highest BCUT2D eigenvalue weighted by molar-refractivity contribution is 7.15. The van der Waals surface area contributed by atoms with E-state index in [1.54, 1.807) is 29.2 Å². The average Bonchev–Trinajstić information content (AvgIpc) is 3.59. The number of para-hydroxylation sites is 1. The number of amides is 2. The van der Waals surface area contributed by atoms with Crippen LogP contribution in [0.25, 0.3) is 11.0 Å². The van der Waals surface area contributed by atoms with Crippen LogP contribution in [0.3, 0.4) is 0 Å². The lowest BCUT2D eigenvalue weighted by molar-refractivity contribution is -0.121. The summed E-state index contributed by atoms with van der Waals surface area (Å²) >= 11 is 1.19. The molecule has 10 heteroatoms. The molecule has 1 atom stereocenters. The molecule has 0 N–H and O–H groups in total. The highest BCUT2D eigenvalue weighted by Gasteiger charge is 2.66. The molecule has 4 heterocycles. The Kier molecular flexibility index (Phi) is 5.65. The molecule has 41 heavy (non-hydrogen) atoms. The van der Waals surface area contributed by atoms with Crippen molar-refractivity contribution in [2.45, 2.75) is 38.8 Å². The first-order chi connectivity index (χ1) is 19.8. The van der Waals surface area contributed by atoms with Crippen LogP contribution in [0.4, 0.5) is 15.2 Å². The molecule has 3 aromatic carbocycles. The minimum Gasteiger partial charge on any atom is -0.450 e. The zero-order chi connectivity index (χ0) is 28.5. The molecule has 2 aromatic heterocycles. The van der Waals surface area contributed by atoms with Gasteiger partial charge in [-0.3, -0.25) is 19.3 Å². The van der Waals surface area contributed by atoms with Gasteiger partial charge in [-0.15, -0.1) is 10.2 Å². The predicted molar refractivity (Wildman–Crippen MR) is 153 cm³/mol. The number of benzene rings is 3. The van der Waals surface area contributed by atoms with Crippen molar-refractivity contribution in [1.29, 1.82) is 0 Å². The van der Waals surface area contributed by atoms with Gasteiger partial charge in [-0.05, 0) is 43.2 Å². The van der Waals surface area contributed by atoms with Gasteiger partial charge in [0.05, 0.1) is 23.2 Å². The van der Waals surface area contributed by atoms with Gasteiger partial charge in [0.2, 0.25) is 10.9 Å². The van der Waals surface area contributed by atoms with Crippen molar-refractivity contribution in [3.05, 3.63) is 116 Å². The highest BCUT2D eigenvalue weighted by Crippen LogP contribution is 2.54. The topological polar surface area (TPSA) is 96.6 Å². The third-order valence-electron chi connectivity index (χ3n) is 7.62.